The highest BCUT2D eigenvalue weighted by Crippen LogP contribution is 2.35. The highest BCUT2D eigenvalue weighted by atomic mass is 16.5. The molecule has 4 rings (SSSR count). The molecule has 2 aromatic carbocycles. The molecule has 0 aromatic heterocycles. The maximum absolute atomic E-state index is 11.3. The molecule has 0 radical (unpaired) electrons. The minimum Gasteiger partial charge on any atom is -0.493 e. The second-order valence-corrected chi connectivity index (χ2v) is 6.91. The fourth-order valence-corrected chi connectivity index (χ4v) is 3.58. The molecule has 1 atom stereocenters. The number of amides is 1. The summed E-state index contributed by atoms with van der Waals surface area (Å²) in [4.78, 5) is 17.8. The molecule has 152 valence electrons. The molecular weight excluding hydrogens is 378 g/mol. The predicted octanol–water partition coefficient (Wildman–Crippen LogP) is 3.95. The lowest BCUT2D eigenvalue weighted by atomic mass is 9.92. The lowest BCUT2D eigenvalue weighted by molar-refractivity contribution is 0.100. The summed E-state index contributed by atoms with van der Waals surface area (Å²) >= 11 is 0. The maximum Gasteiger partial charge on any atom is 0.248 e. The Labute approximate surface area is 175 Å². The molecule has 30 heavy (non-hydrogen) atoms. The minimum absolute atomic E-state index is 0.0234. The Kier molecular flexibility index (Phi) is 5.39. The Bertz CT molecular complexity index is 1080. The molecular formula is C24H23N3O3. The van der Waals surface area contributed by atoms with E-state index in [4.69, 9.17) is 15.2 Å². The summed E-state index contributed by atoms with van der Waals surface area (Å²) in [5.74, 6) is 0.997. The van der Waals surface area contributed by atoms with Crippen LogP contribution in [0.5, 0.6) is 11.5 Å². The summed E-state index contributed by atoms with van der Waals surface area (Å²) in [7, 11) is 1.64. The zero-order valence-corrected chi connectivity index (χ0v) is 16.9. The van der Waals surface area contributed by atoms with E-state index in [1.807, 2.05) is 43.5 Å². The minimum atomic E-state index is -0.439. The van der Waals surface area contributed by atoms with Gasteiger partial charge in [0.1, 0.15) is 0 Å². The summed E-state index contributed by atoms with van der Waals surface area (Å²) in [6.07, 6.45) is 10.0. The van der Waals surface area contributed by atoms with E-state index >= 15 is 0 Å². The lowest BCUT2D eigenvalue weighted by Gasteiger charge is -2.33. The van der Waals surface area contributed by atoms with E-state index in [0.29, 0.717) is 17.9 Å². The van der Waals surface area contributed by atoms with Crippen LogP contribution in [0.2, 0.25) is 0 Å². The van der Waals surface area contributed by atoms with Crippen LogP contribution in [0.3, 0.4) is 0 Å². The van der Waals surface area contributed by atoms with Crippen molar-refractivity contribution in [3.63, 3.8) is 0 Å². The number of primary amides is 1. The normalized spacial score (nSPS) is 17.1. The molecule has 2 aliphatic rings. The molecule has 1 unspecified atom stereocenters. The van der Waals surface area contributed by atoms with Crippen molar-refractivity contribution in [3.8, 4) is 11.5 Å². The number of carbonyl (C=O) groups is 1. The maximum atomic E-state index is 11.3. The van der Waals surface area contributed by atoms with Crippen LogP contribution in [0.15, 0.2) is 77.5 Å². The topological polar surface area (TPSA) is 77.1 Å². The number of anilines is 1. The molecule has 6 heteroatoms. The average Bonchev–Trinajstić information content (AvgIpc) is 2.79. The van der Waals surface area contributed by atoms with Crippen molar-refractivity contribution >= 4 is 23.5 Å². The fourth-order valence-electron chi connectivity index (χ4n) is 3.58. The van der Waals surface area contributed by atoms with Crippen LogP contribution < -0.4 is 20.1 Å². The molecule has 1 amide bonds. The Morgan fingerprint density at radius 1 is 1.17 bits per heavy atom. The summed E-state index contributed by atoms with van der Waals surface area (Å²) in [6, 6.07) is 13.2. The lowest BCUT2D eigenvalue weighted by Crippen LogP contribution is -2.36. The first-order valence-electron chi connectivity index (χ1n) is 9.73. The molecule has 0 saturated heterocycles. The van der Waals surface area contributed by atoms with Gasteiger partial charge in [0.25, 0.3) is 0 Å². The molecule has 1 heterocycles. The van der Waals surface area contributed by atoms with Crippen LogP contribution in [0, 0.1) is 0 Å². The van der Waals surface area contributed by atoms with E-state index < -0.39 is 5.91 Å². The van der Waals surface area contributed by atoms with Crippen molar-refractivity contribution in [3.05, 3.63) is 83.6 Å². The Balaban J connectivity index is 1.60. The summed E-state index contributed by atoms with van der Waals surface area (Å²) in [5.41, 5.74) is 9.94. The van der Waals surface area contributed by atoms with Gasteiger partial charge in [-0.15, -0.1) is 0 Å². The predicted molar refractivity (Wildman–Crippen MR) is 119 cm³/mol. The Morgan fingerprint density at radius 3 is 2.67 bits per heavy atom. The van der Waals surface area contributed by atoms with Crippen LogP contribution in [0.1, 0.15) is 22.8 Å². The number of nitrogens with zero attached hydrogens (tertiary/aromatic N) is 2. The molecule has 0 saturated carbocycles. The number of methoxy groups -OCH3 is 1. The first-order chi connectivity index (χ1) is 14.6. The van der Waals surface area contributed by atoms with Crippen molar-refractivity contribution in [2.75, 3.05) is 18.6 Å². The number of hydrogen-bond acceptors (Lipinski definition) is 5. The van der Waals surface area contributed by atoms with E-state index in [2.05, 4.69) is 28.1 Å². The zero-order chi connectivity index (χ0) is 21.1. The number of aliphatic imine (C=N–C) groups is 1. The monoisotopic (exact) mass is 401 g/mol. The van der Waals surface area contributed by atoms with Crippen LogP contribution in [0.25, 0.3) is 5.57 Å². The first-order valence-corrected chi connectivity index (χ1v) is 9.73. The van der Waals surface area contributed by atoms with Crippen molar-refractivity contribution in [1.82, 2.24) is 0 Å². The number of carbonyl (C=O) groups excluding carboxylic acids is 1. The van der Waals surface area contributed by atoms with Crippen LogP contribution >= 0.6 is 0 Å². The highest BCUT2D eigenvalue weighted by Gasteiger charge is 2.24. The Hall–Kier alpha value is -3.80. The van der Waals surface area contributed by atoms with Gasteiger partial charge >= 0.3 is 0 Å². The van der Waals surface area contributed by atoms with E-state index in [-0.39, 0.29) is 6.04 Å². The molecule has 1 aliphatic carbocycles. The number of rotatable bonds is 6. The average molecular weight is 401 g/mol. The second kappa shape index (κ2) is 8.29. The van der Waals surface area contributed by atoms with E-state index in [1.54, 1.807) is 25.6 Å². The Morgan fingerprint density at radius 2 is 1.97 bits per heavy atom. The van der Waals surface area contributed by atoms with Crippen LogP contribution in [-0.2, 0) is 0 Å². The summed E-state index contributed by atoms with van der Waals surface area (Å²) in [5, 5.41) is 0. The van der Waals surface area contributed by atoms with Crippen molar-refractivity contribution in [2.24, 2.45) is 10.7 Å². The number of hydrogen-bond donors (Lipinski definition) is 1. The third-order valence-electron chi connectivity index (χ3n) is 5.08. The number of fused-ring (bicyclic) bond motifs is 1. The van der Waals surface area contributed by atoms with Gasteiger partial charge in [0, 0.05) is 17.5 Å². The quantitative estimate of drug-likeness (QED) is 0.795. The molecule has 2 aromatic rings. The number of nitrogens with two attached hydrogens (primary N) is 1. The molecule has 0 fully saturated rings. The molecule has 0 spiro atoms. The SMILES string of the molecule is CCOc1ccc(C2=CC3=CN=CN(c4ccc(C(N)=O)cc4)C3C=C2)cc1OC. The van der Waals surface area contributed by atoms with Gasteiger partial charge in [-0.2, -0.15) is 0 Å². The fraction of sp³-hybridized carbons (Fsp3) is 0.167. The van der Waals surface area contributed by atoms with Crippen molar-refractivity contribution in [1.29, 1.82) is 0 Å². The number of allylic oxidation sites excluding steroid dienone is 2. The van der Waals surface area contributed by atoms with Gasteiger partial charge < -0.3 is 20.1 Å². The van der Waals surface area contributed by atoms with E-state index in [9.17, 15) is 4.79 Å². The molecule has 6 nitrogen and oxygen atoms in total. The van der Waals surface area contributed by atoms with E-state index in [0.717, 1.165) is 28.1 Å². The van der Waals surface area contributed by atoms with Gasteiger partial charge in [-0.3, -0.25) is 4.79 Å². The van der Waals surface area contributed by atoms with Gasteiger partial charge in [-0.25, -0.2) is 4.99 Å². The molecule has 1 aliphatic heterocycles. The number of ether oxygens (including phenoxy) is 2. The zero-order valence-electron chi connectivity index (χ0n) is 16.9. The van der Waals surface area contributed by atoms with Crippen LogP contribution in [0.4, 0.5) is 5.69 Å². The first kappa shape index (κ1) is 19.5. The summed E-state index contributed by atoms with van der Waals surface area (Å²) in [6.45, 7) is 2.53. The van der Waals surface area contributed by atoms with Crippen molar-refractivity contribution < 1.29 is 14.3 Å². The standard InChI is InChI=1S/C24H23N3O3/c1-3-30-22-11-7-18(13-23(22)29-2)17-6-10-21-19(12-17)14-26-15-27(21)20-8-4-16(5-9-20)24(25)28/h4-15,21H,3H2,1-2H3,(H2,25,28). The van der Waals surface area contributed by atoms with Gasteiger partial charge in [0.15, 0.2) is 11.5 Å². The van der Waals surface area contributed by atoms with Gasteiger partial charge in [0.2, 0.25) is 5.91 Å². The highest BCUT2D eigenvalue weighted by molar-refractivity contribution is 5.94. The smallest absolute Gasteiger partial charge is 0.248 e. The van der Waals surface area contributed by atoms with Gasteiger partial charge in [0.05, 0.1) is 26.1 Å². The largest absolute Gasteiger partial charge is 0.493 e. The third-order valence-corrected chi connectivity index (χ3v) is 5.08. The van der Waals surface area contributed by atoms with E-state index in [1.165, 1.54) is 0 Å². The third kappa shape index (κ3) is 3.72. The molecule has 0 bridgehead atoms. The van der Waals surface area contributed by atoms with Gasteiger partial charge in [-0.05, 0) is 66.1 Å². The van der Waals surface area contributed by atoms with Crippen LogP contribution in [-0.4, -0.2) is 32.0 Å². The second-order valence-electron chi connectivity index (χ2n) is 6.91. The molecule has 2 N–H and O–H groups in total. The number of benzene rings is 2. The van der Waals surface area contributed by atoms with Crippen molar-refractivity contribution in [2.45, 2.75) is 13.0 Å². The summed E-state index contributed by atoms with van der Waals surface area (Å²) < 4.78 is 11.1. The van der Waals surface area contributed by atoms with Gasteiger partial charge in [-0.1, -0.05) is 18.2 Å².